The van der Waals surface area contributed by atoms with Crippen LogP contribution in [-0.2, 0) is 36.7 Å². The molecule has 3 aromatic rings. The fourth-order valence-electron chi connectivity index (χ4n) is 3.67. The number of fused-ring (bicyclic) bond motifs is 1. The first-order valence-electron chi connectivity index (χ1n) is 10.8. The van der Waals surface area contributed by atoms with E-state index in [2.05, 4.69) is 17.6 Å². The van der Waals surface area contributed by atoms with Crippen molar-refractivity contribution in [1.82, 2.24) is 10.6 Å². The molecule has 1 aromatic heterocycles. The Morgan fingerprint density at radius 3 is 2.31 bits per heavy atom. The van der Waals surface area contributed by atoms with E-state index < -0.39 is 11.9 Å². The van der Waals surface area contributed by atoms with Crippen molar-refractivity contribution in [3.8, 4) is 5.75 Å². The van der Waals surface area contributed by atoms with Crippen LogP contribution in [0.1, 0.15) is 61.6 Å². The van der Waals surface area contributed by atoms with E-state index in [1.807, 2.05) is 38.1 Å². The van der Waals surface area contributed by atoms with Crippen LogP contribution in [0, 0.1) is 0 Å². The number of rotatable bonds is 9. The van der Waals surface area contributed by atoms with Gasteiger partial charge in [0.2, 0.25) is 0 Å². The molecule has 5 nitrogen and oxygen atoms in total. The van der Waals surface area contributed by atoms with Gasteiger partial charge in [0.25, 0.3) is 5.91 Å². The van der Waals surface area contributed by atoms with Crippen LogP contribution in [0.2, 0.25) is 0 Å². The van der Waals surface area contributed by atoms with E-state index in [4.69, 9.17) is 9.36 Å². The van der Waals surface area contributed by atoms with Crippen LogP contribution in [0.15, 0.2) is 34.9 Å². The maximum atomic E-state index is 13.4. The highest BCUT2D eigenvalue weighted by molar-refractivity contribution is 5.87. The standard InChI is InChI=1S/C24H27F3N2O3/c1-4-7-17-14-19-22(32-29-23(19)24(25,26)27)18(8-5-2)21(17)31-28-20(30)13-16-11-9-15(6-3)10-12-16/h9-12,14H,4-8,13H2,1-3H3,(H,28,30). The molecule has 0 saturated heterocycles. The maximum absolute atomic E-state index is 13.4. The third-order valence-corrected chi connectivity index (χ3v) is 5.24. The molecule has 32 heavy (non-hydrogen) atoms. The first-order chi connectivity index (χ1) is 15.3. The molecule has 0 aliphatic carbocycles. The number of aromatic nitrogens is 1. The molecule has 0 aliphatic heterocycles. The Morgan fingerprint density at radius 1 is 1.06 bits per heavy atom. The first-order valence-corrected chi connectivity index (χ1v) is 10.8. The minimum absolute atomic E-state index is 0.0402. The molecule has 8 heteroatoms. The molecule has 1 amide bonds. The lowest BCUT2D eigenvalue weighted by molar-refractivity contribution is -0.141. The van der Waals surface area contributed by atoms with E-state index in [1.165, 1.54) is 11.6 Å². The second-order valence-electron chi connectivity index (χ2n) is 7.72. The average molecular weight is 448 g/mol. The largest absolute Gasteiger partial charge is 0.437 e. The number of hydroxylamine groups is 1. The highest BCUT2D eigenvalue weighted by Crippen LogP contribution is 2.40. The first kappa shape index (κ1) is 23.6. The summed E-state index contributed by atoms with van der Waals surface area (Å²) in [5.74, 6) is -0.0199. The zero-order chi connectivity index (χ0) is 23.3. The van der Waals surface area contributed by atoms with Crippen molar-refractivity contribution in [2.75, 3.05) is 0 Å². The lowest BCUT2D eigenvalue weighted by atomic mass is 9.98. The number of carbonyl (C=O) groups is 1. The third-order valence-electron chi connectivity index (χ3n) is 5.24. The zero-order valence-electron chi connectivity index (χ0n) is 18.4. The summed E-state index contributed by atoms with van der Waals surface area (Å²) in [6.45, 7) is 5.88. The van der Waals surface area contributed by atoms with Gasteiger partial charge in [0.1, 0.15) is 0 Å². The number of alkyl halides is 3. The number of hydrogen-bond donors (Lipinski definition) is 1. The van der Waals surface area contributed by atoms with Crippen molar-refractivity contribution in [2.45, 2.75) is 65.5 Å². The van der Waals surface area contributed by atoms with Gasteiger partial charge >= 0.3 is 6.18 Å². The Morgan fingerprint density at radius 2 is 1.72 bits per heavy atom. The van der Waals surface area contributed by atoms with Gasteiger partial charge in [-0.15, -0.1) is 0 Å². The molecule has 0 fully saturated rings. The predicted octanol–water partition coefficient (Wildman–Crippen LogP) is 5.97. The van der Waals surface area contributed by atoms with Crippen LogP contribution in [0.25, 0.3) is 11.0 Å². The van der Waals surface area contributed by atoms with E-state index >= 15 is 0 Å². The van der Waals surface area contributed by atoms with Crippen molar-refractivity contribution in [2.24, 2.45) is 0 Å². The smallest absolute Gasteiger partial charge is 0.379 e. The number of halogens is 3. The van der Waals surface area contributed by atoms with Crippen molar-refractivity contribution in [1.29, 1.82) is 0 Å². The average Bonchev–Trinajstić information content (AvgIpc) is 3.18. The number of nitrogens with one attached hydrogen (secondary N) is 1. The van der Waals surface area contributed by atoms with Gasteiger partial charge in [-0.3, -0.25) is 4.79 Å². The van der Waals surface area contributed by atoms with Crippen molar-refractivity contribution in [3.05, 3.63) is 58.3 Å². The summed E-state index contributed by atoms with van der Waals surface area (Å²) in [5, 5.41) is 3.19. The molecular weight excluding hydrogens is 421 g/mol. The topological polar surface area (TPSA) is 64.4 Å². The second-order valence-corrected chi connectivity index (χ2v) is 7.72. The summed E-state index contributed by atoms with van der Waals surface area (Å²) >= 11 is 0. The fraction of sp³-hybridized carbons (Fsp3) is 0.417. The van der Waals surface area contributed by atoms with E-state index in [9.17, 15) is 18.0 Å². The molecule has 172 valence electrons. The Hall–Kier alpha value is -3.03. The maximum Gasteiger partial charge on any atom is 0.437 e. The van der Waals surface area contributed by atoms with Crippen LogP contribution in [0.3, 0.4) is 0 Å². The molecule has 2 aromatic carbocycles. The Balaban J connectivity index is 1.90. The Bertz CT molecular complexity index is 1070. The molecule has 0 atom stereocenters. The summed E-state index contributed by atoms with van der Waals surface area (Å²) in [4.78, 5) is 18.1. The van der Waals surface area contributed by atoms with Gasteiger partial charge < -0.3 is 9.36 Å². The van der Waals surface area contributed by atoms with E-state index in [1.54, 1.807) is 0 Å². The molecule has 1 N–H and O–H groups in total. The van der Waals surface area contributed by atoms with Gasteiger partial charge in [-0.2, -0.15) is 18.7 Å². The SMILES string of the molecule is CCCc1cc2c(C(F)(F)F)noc2c(CCC)c1ONC(=O)Cc1ccc(CC)cc1. The van der Waals surface area contributed by atoms with E-state index in [0.29, 0.717) is 42.6 Å². The molecule has 3 rings (SSSR count). The van der Waals surface area contributed by atoms with E-state index in [-0.39, 0.29) is 23.3 Å². The van der Waals surface area contributed by atoms with Gasteiger partial charge in [0, 0.05) is 5.56 Å². The van der Waals surface area contributed by atoms with Crippen LogP contribution >= 0.6 is 0 Å². The summed E-state index contributed by atoms with van der Waals surface area (Å²) in [5.41, 5.74) is 4.51. The monoisotopic (exact) mass is 448 g/mol. The number of amides is 1. The van der Waals surface area contributed by atoms with Gasteiger partial charge in [-0.25, -0.2) is 0 Å². The second kappa shape index (κ2) is 10.1. The van der Waals surface area contributed by atoms with Gasteiger partial charge in [-0.05, 0) is 42.0 Å². The summed E-state index contributed by atoms with van der Waals surface area (Å²) < 4.78 is 45.2. The zero-order valence-corrected chi connectivity index (χ0v) is 18.4. The van der Waals surface area contributed by atoms with Crippen molar-refractivity contribution in [3.63, 3.8) is 0 Å². The van der Waals surface area contributed by atoms with Crippen LogP contribution in [0.5, 0.6) is 5.75 Å². The number of nitrogens with zero attached hydrogens (tertiary/aromatic N) is 1. The third kappa shape index (κ3) is 5.23. The normalized spacial score (nSPS) is 11.7. The molecule has 1 heterocycles. The van der Waals surface area contributed by atoms with Crippen molar-refractivity contribution < 1.29 is 27.3 Å². The number of carbonyl (C=O) groups excluding carboxylic acids is 1. The van der Waals surface area contributed by atoms with Crippen LogP contribution < -0.4 is 10.3 Å². The lowest BCUT2D eigenvalue weighted by Crippen LogP contribution is -2.29. The summed E-state index contributed by atoms with van der Waals surface area (Å²) in [6, 6.07) is 9.13. The van der Waals surface area contributed by atoms with Crippen molar-refractivity contribution >= 4 is 16.9 Å². The number of hydrogen-bond acceptors (Lipinski definition) is 4. The quantitative estimate of drug-likeness (QED) is 0.410. The fourth-order valence-corrected chi connectivity index (χ4v) is 3.67. The minimum Gasteiger partial charge on any atom is -0.379 e. The Labute approximate surface area is 184 Å². The number of benzene rings is 2. The van der Waals surface area contributed by atoms with Crippen LogP contribution in [-0.4, -0.2) is 11.1 Å². The molecule has 0 radical (unpaired) electrons. The lowest BCUT2D eigenvalue weighted by Gasteiger charge is -2.16. The minimum atomic E-state index is -4.62. The van der Waals surface area contributed by atoms with Crippen LogP contribution in [0.4, 0.5) is 13.2 Å². The molecule has 0 unspecified atom stereocenters. The summed E-state index contributed by atoms with van der Waals surface area (Å²) in [6.07, 6.45) is -1.33. The predicted molar refractivity (Wildman–Crippen MR) is 115 cm³/mol. The van der Waals surface area contributed by atoms with E-state index in [0.717, 1.165) is 12.0 Å². The highest BCUT2D eigenvalue weighted by atomic mass is 19.4. The molecule has 0 saturated carbocycles. The molecule has 0 spiro atoms. The van der Waals surface area contributed by atoms with Gasteiger partial charge in [0.05, 0.1) is 11.8 Å². The molecular formula is C24H27F3N2O3. The number of aryl methyl sites for hydroxylation is 3. The summed E-state index contributed by atoms with van der Waals surface area (Å²) in [7, 11) is 0. The molecule has 0 aliphatic rings. The van der Waals surface area contributed by atoms with Gasteiger partial charge in [-0.1, -0.05) is 63.0 Å². The van der Waals surface area contributed by atoms with Gasteiger partial charge in [0.15, 0.2) is 17.0 Å². The Kier molecular flexibility index (Phi) is 7.43. The molecule has 0 bridgehead atoms. The highest BCUT2D eigenvalue weighted by Gasteiger charge is 2.38.